The molecule has 0 saturated carbocycles. The third-order valence-corrected chi connectivity index (χ3v) is 2.33. The average molecular weight is 216 g/mol. The quantitative estimate of drug-likeness (QED) is 0.848. The summed E-state index contributed by atoms with van der Waals surface area (Å²) in [5.41, 5.74) is 1.31. The van der Waals surface area contributed by atoms with Crippen molar-refractivity contribution in [2.75, 3.05) is 0 Å². The molecule has 2 aromatic rings. The van der Waals surface area contributed by atoms with Crippen LogP contribution in [0.25, 0.3) is 0 Å². The van der Waals surface area contributed by atoms with Gasteiger partial charge in [0.2, 0.25) is 0 Å². The summed E-state index contributed by atoms with van der Waals surface area (Å²) in [6.45, 7) is 0.692. The van der Waals surface area contributed by atoms with Gasteiger partial charge in [-0.3, -0.25) is 4.68 Å². The van der Waals surface area contributed by atoms with E-state index in [0.717, 1.165) is 6.42 Å². The maximum Gasteiger partial charge on any atom is 0.356 e. The highest BCUT2D eigenvalue weighted by Gasteiger charge is 2.05. The summed E-state index contributed by atoms with van der Waals surface area (Å²) in [6.07, 6.45) is 2.54. The highest BCUT2D eigenvalue weighted by atomic mass is 16.4. The molecule has 0 radical (unpaired) electrons. The third-order valence-electron chi connectivity index (χ3n) is 2.33. The van der Waals surface area contributed by atoms with E-state index in [1.54, 1.807) is 10.9 Å². The van der Waals surface area contributed by atoms with Crippen molar-refractivity contribution in [1.29, 1.82) is 0 Å². The predicted octanol–water partition coefficient (Wildman–Crippen LogP) is 1.82. The van der Waals surface area contributed by atoms with Crippen molar-refractivity contribution in [2.45, 2.75) is 13.0 Å². The number of carboxylic acids is 1. The Kier molecular flexibility index (Phi) is 3.00. The molecular formula is C12H12N2O2. The number of aryl methyl sites for hydroxylation is 2. The number of aromatic nitrogens is 2. The van der Waals surface area contributed by atoms with Gasteiger partial charge in [0.15, 0.2) is 5.69 Å². The van der Waals surface area contributed by atoms with Gasteiger partial charge in [0.25, 0.3) is 0 Å². The monoisotopic (exact) mass is 216 g/mol. The molecule has 4 heteroatoms. The lowest BCUT2D eigenvalue weighted by atomic mass is 10.2. The van der Waals surface area contributed by atoms with Crippen LogP contribution in [-0.2, 0) is 13.0 Å². The summed E-state index contributed by atoms with van der Waals surface area (Å²) in [5, 5.41) is 12.6. The highest BCUT2D eigenvalue weighted by Crippen LogP contribution is 2.02. The fraction of sp³-hybridized carbons (Fsp3) is 0.167. The zero-order chi connectivity index (χ0) is 11.4. The zero-order valence-corrected chi connectivity index (χ0v) is 8.71. The lowest BCUT2D eigenvalue weighted by Gasteiger charge is -2.01. The number of nitrogens with zero attached hydrogens (tertiary/aromatic N) is 2. The van der Waals surface area contributed by atoms with E-state index in [-0.39, 0.29) is 5.69 Å². The van der Waals surface area contributed by atoms with Crippen molar-refractivity contribution in [3.8, 4) is 0 Å². The smallest absolute Gasteiger partial charge is 0.356 e. The van der Waals surface area contributed by atoms with Crippen LogP contribution in [0.2, 0.25) is 0 Å². The molecule has 0 saturated heterocycles. The van der Waals surface area contributed by atoms with Gasteiger partial charge in [-0.1, -0.05) is 30.3 Å². The van der Waals surface area contributed by atoms with Crippen LogP contribution in [0.5, 0.6) is 0 Å². The lowest BCUT2D eigenvalue weighted by Crippen LogP contribution is -2.04. The summed E-state index contributed by atoms with van der Waals surface area (Å²) in [4.78, 5) is 10.6. The molecule has 0 bridgehead atoms. The standard InChI is InChI=1S/C12H12N2O2/c15-12(16)11-7-9-14(13-11)8-6-10-4-2-1-3-5-10/h1-5,7,9H,6,8H2,(H,15,16). The second-order valence-electron chi connectivity index (χ2n) is 3.50. The number of aromatic carboxylic acids is 1. The second-order valence-corrected chi connectivity index (χ2v) is 3.50. The molecule has 0 aliphatic rings. The van der Waals surface area contributed by atoms with E-state index in [0.29, 0.717) is 6.54 Å². The summed E-state index contributed by atoms with van der Waals surface area (Å²) in [6, 6.07) is 11.5. The molecule has 1 heterocycles. The summed E-state index contributed by atoms with van der Waals surface area (Å²) < 4.78 is 1.65. The molecule has 1 aromatic heterocycles. The minimum absolute atomic E-state index is 0.0908. The van der Waals surface area contributed by atoms with Crippen LogP contribution in [0.4, 0.5) is 0 Å². The third kappa shape index (κ3) is 2.48. The van der Waals surface area contributed by atoms with Crippen LogP contribution in [0.1, 0.15) is 16.1 Å². The van der Waals surface area contributed by atoms with E-state index in [2.05, 4.69) is 5.10 Å². The molecule has 0 atom stereocenters. The molecule has 0 fully saturated rings. The highest BCUT2D eigenvalue weighted by molar-refractivity contribution is 5.84. The molecule has 0 amide bonds. The maximum absolute atomic E-state index is 10.6. The molecule has 82 valence electrons. The topological polar surface area (TPSA) is 55.1 Å². The maximum atomic E-state index is 10.6. The minimum atomic E-state index is -0.988. The van der Waals surface area contributed by atoms with Gasteiger partial charge in [-0.25, -0.2) is 4.79 Å². The number of carboxylic acid groups (broad SMARTS) is 1. The van der Waals surface area contributed by atoms with Gasteiger partial charge in [0.1, 0.15) is 0 Å². The fourth-order valence-electron chi connectivity index (χ4n) is 1.49. The van der Waals surface area contributed by atoms with Gasteiger partial charge in [0.05, 0.1) is 0 Å². The van der Waals surface area contributed by atoms with Crippen LogP contribution in [0.15, 0.2) is 42.6 Å². The Balaban J connectivity index is 1.97. The van der Waals surface area contributed by atoms with E-state index < -0.39 is 5.97 Å². The van der Waals surface area contributed by atoms with Crippen LogP contribution in [-0.4, -0.2) is 20.9 Å². The zero-order valence-electron chi connectivity index (χ0n) is 8.71. The Labute approximate surface area is 93.1 Å². The summed E-state index contributed by atoms with van der Waals surface area (Å²) >= 11 is 0. The van der Waals surface area contributed by atoms with Crippen LogP contribution in [0, 0.1) is 0 Å². The van der Waals surface area contributed by atoms with Gasteiger partial charge < -0.3 is 5.11 Å². The molecule has 0 spiro atoms. The van der Waals surface area contributed by atoms with Crippen molar-refractivity contribution < 1.29 is 9.90 Å². The molecule has 2 rings (SSSR count). The first-order valence-electron chi connectivity index (χ1n) is 5.06. The molecule has 0 unspecified atom stereocenters. The normalized spacial score (nSPS) is 10.2. The first-order valence-corrected chi connectivity index (χ1v) is 5.06. The van der Waals surface area contributed by atoms with E-state index in [1.807, 2.05) is 30.3 Å². The minimum Gasteiger partial charge on any atom is -0.476 e. The van der Waals surface area contributed by atoms with Crippen LogP contribution < -0.4 is 0 Å². The Hall–Kier alpha value is -2.10. The first-order chi connectivity index (χ1) is 7.75. The van der Waals surface area contributed by atoms with Gasteiger partial charge in [0, 0.05) is 12.7 Å². The molecule has 1 N–H and O–H groups in total. The average Bonchev–Trinajstić information content (AvgIpc) is 2.76. The number of benzene rings is 1. The van der Waals surface area contributed by atoms with Gasteiger partial charge >= 0.3 is 5.97 Å². The van der Waals surface area contributed by atoms with Crippen molar-refractivity contribution in [1.82, 2.24) is 9.78 Å². The number of hydrogen-bond donors (Lipinski definition) is 1. The molecule has 0 aliphatic heterocycles. The number of hydrogen-bond acceptors (Lipinski definition) is 2. The van der Waals surface area contributed by atoms with E-state index in [9.17, 15) is 4.79 Å². The van der Waals surface area contributed by atoms with Gasteiger partial charge in [-0.15, -0.1) is 0 Å². The van der Waals surface area contributed by atoms with Gasteiger partial charge in [-0.05, 0) is 18.1 Å². The molecular weight excluding hydrogens is 204 g/mol. The Morgan fingerprint density at radius 3 is 2.62 bits per heavy atom. The molecule has 1 aromatic carbocycles. The van der Waals surface area contributed by atoms with E-state index >= 15 is 0 Å². The Morgan fingerprint density at radius 2 is 2.00 bits per heavy atom. The molecule has 0 aliphatic carbocycles. The van der Waals surface area contributed by atoms with E-state index in [1.165, 1.54) is 11.6 Å². The van der Waals surface area contributed by atoms with Gasteiger partial charge in [-0.2, -0.15) is 5.10 Å². The van der Waals surface area contributed by atoms with Crippen molar-refractivity contribution in [3.05, 3.63) is 53.9 Å². The van der Waals surface area contributed by atoms with Crippen LogP contribution >= 0.6 is 0 Å². The first kappa shape index (κ1) is 10.4. The van der Waals surface area contributed by atoms with Crippen molar-refractivity contribution in [2.24, 2.45) is 0 Å². The summed E-state index contributed by atoms with van der Waals surface area (Å²) in [5.74, 6) is -0.988. The largest absolute Gasteiger partial charge is 0.476 e. The second kappa shape index (κ2) is 4.61. The Morgan fingerprint density at radius 1 is 1.25 bits per heavy atom. The fourth-order valence-corrected chi connectivity index (χ4v) is 1.49. The molecule has 4 nitrogen and oxygen atoms in total. The Bertz CT molecular complexity index is 477. The number of rotatable bonds is 4. The van der Waals surface area contributed by atoms with Crippen molar-refractivity contribution >= 4 is 5.97 Å². The van der Waals surface area contributed by atoms with Crippen molar-refractivity contribution in [3.63, 3.8) is 0 Å². The molecule has 16 heavy (non-hydrogen) atoms. The predicted molar refractivity (Wildman–Crippen MR) is 59.3 cm³/mol. The van der Waals surface area contributed by atoms with E-state index in [4.69, 9.17) is 5.11 Å². The van der Waals surface area contributed by atoms with Crippen LogP contribution in [0.3, 0.4) is 0 Å². The summed E-state index contributed by atoms with van der Waals surface area (Å²) in [7, 11) is 0. The number of carbonyl (C=O) groups is 1. The SMILES string of the molecule is O=C(O)c1ccn(CCc2ccccc2)n1. The lowest BCUT2D eigenvalue weighted by molar-refractivity contribution is 0.0689.